The van der Waals surface area contributed by atoms with Crippen molar-refractivity contribution >= 4 is 17.6 Å². The molecule has 0 aromatic heterocycles. The number of fused-ring (bicyclic) bond motifs is 1. The number of hydrogen-bond acceptors (Lipinski definition) is 3. The number of benzene rings is 1. The van der Waals surface area contributed by atoms with E-state index in [4.69, 9.17) is 0 Å². The van der Waals surface area contributed by atoms with Crippen molar-refractivity contribution in [3.8, 4) is 0 Å². The fourth-order valence-corrected chi connectivity index (χ4v) is 3.68. The number of nitrogens with one attached hydrogen (secondary N) is 4. The number of carbonyl (C=O) groups is 2. The summed E-state index contributed by atoms with van der Waals surface area (Å²) in [6, 6.07) is 3.09. The molecule has 0 unspecified atom stereocenters. The van der Waals surface area contributed by atoms with Gasteiger partial charge in [0.2, 0.25) is 5.91 Å². The fourth-order valence-electron chi connectivity index (χ4n) is 3.68. The van der Waals surface area contributed by atoms with Gasteiger partial charge in [0.25, 0.3) is 0 Å². The SMILES string of the molecule is CCNC(=O)NC1(C(=O)Nc2ccc3c(c2F)CCNC3)CCCC1. The number of amides is 3. The minimum absolute atomic E-state index is 0.189. The van der Waals surface area contributed by atoms with Crippen molar-refractivity contribution in [3.05, 3.63) is 29.1 Å². The minimum Gasteiger partial charge on any atom is -0.338 e. The van der Waals surface area contributed by atoms with Crippen molar-refractivity contribution in [1.29, 1.82) is 0 Å². The molecule has 1 heterocycles. The summed E-state index contributed by atoms with van der Waals surface area (Å²) in [6.45, 7) is 3.67. The van der Waals surface area contributed by atoms with Gasteiger partial charge >= 0.3 is 6.03 Å². The maximum atomic E-state index is 14.8. The maximum absolute atomic E-state index is 14.8. The summed E-state index contributed by atoms with van der Waals surface area (Å²) in [6.07, 6.45) is 3.45. The topological polar surface area (TPSA) is 82.3 Å². The second kappa shape index (κ2) is 7.39. The van der Waals surface area contributed by atoms with E-state index in [2.05, 4.69) is 21.3 Å². The summed E-state index contributed by atoms with van der Waals surface area (Å²) in [5.74, 6) is -0.706. The second-order valence-electron chi connectivity index (χ2n) is 6.72. The van der Waals surface area contributed by atoms with Crippen molar-refractivity contribution in [2.24, 2.45) is 0 Å². The molecule has 6 nitrogen and oxygen atoms in total. The van der Waals surface area contributed by atoms with Crippen molar-refractivity contribution in [2.45, 2.75) is 51.1 Å². The van der Waals surface area contributed by atoms with Gasteiger partial charge in [0.1, 0.15) is 11.4 Å². The van der Waals surface area contributed by atoms with Gasteiger partial charge in [-0.15, -0.1) is 0 Å². The largest absolute Gasteiger partial charge is 0.338 e. The third-order valence-corrected chi connectivity index (χ3v) is 5.04. The van der Waals surface area contributed by atoms with Crippen LogP contribution in [0.4, 0.5) is 14.9 Å². The third kappa shape index (κ3) is 3.61. The van der Waals surface area contributed by atoms with Gasteiger partial charge in [0, 0.05) is 13.1 Å². The van der Waals surface area contributed by atoms with E-state index in [9.17, 15) is 14.0 Å². The number of carbonyl (C=O) groups excluding carboxylic acids is 2. The molecule has 1 saturated carbocycles. The molecule has 4 N–H and O–H groups in total. The predicted octanol–water partition coefficient (Wildman–Crippen LogP) is 2.04. The molecule has 1 aliphatic heterocycles. The van der Waals surface area contributed by atoms with Crippen LogP contribution in [-0.2, 0) is 17.8 Å². The van der Waals surface area contributed by atoms with Gasteiger partial charge in [-0.25, -0.2) is 9.18 Å². The normalized spacial score (nSPS) is 18.3. The smallest absolute Gasteiger partial charge is 0.315 e. The first kappa shape index (κ1) is 17.7. The van der Waals surface area contributed by atoms with Crippen molar-refractivity contribution in [1.82, 2.24) is 16.0 Å². The summed E-state index contributed by atoms with van der Waals surface area (Å²) in [4.78, 5) is 24.8. The average molecular weight is 348 g/mol. The van der Waals surface area contributed by atoms with Gasteiger partial charge in [-0.05, 0) is 49.9 Å². The molecule has 3 amide bonds. The quantitative estimate of drug-likeness (QED) is 0.672. The van der Waals surface area contributed by atoms with Crippen LogP contribution in [0.2, 0.25) is 0 Å². The van der Waals surface area contributed by atoms with Gasteiger partial charge < -0.3 is 21.3 Å². The Bertz CT molecular complexity index is 671. The summed E-state index contributed by atoms with van der Waals surface area (Å²) in [7, 11) is 0. The summed E-state index contributed by atoms with van der Waals surface area (Å²) in [5, 5.41) is 11.4. The Labute approximate surface area is 146 Å². The summed E-state index contributed by atoms with van der Waals surface area (Å²) in [5.41, 5.74) is 0.810. The zero-order valence-corrected chi connectivity index (χ0v) is 14.5. The first-order valence-electron chi connectivity index (χ1n) is 8.94. The number of halogens is 1. The zero-order valence-electron chi connectivity index (χ0n) is 14.5. The highest BCUT2D eigenvalue weighted by Gasteiger charge is 2.42. The van der Waals surface area contributed by atoms with E-state index in [0.29, 0.717) is 37.9 Å². The zero-order chi connectivity index (χ0) is 17.9. The molecular weight excluding hydrogens is 323 g/mol. The molecule has 2 aliphatic rings. The number of urea groups is 1. The molecule has 7 heteroatoms. The van der Waals surface area contributed by atoms with E-state index < -0.39 is 5.54 Å². The molecule has 136 valence electrons. The number of rotatable bonds is 4. The third-order valence-electron chi connectivity index (χ3n) is 5.04. The minimum atomic E-state index is -0.969. The van der Waals surface area contributed by atoms with Crippen molar-refractivity contribution in [3.63, 3.8) is 0 Å². The lowest BCUT2D eigenvalue weighted by Crippen LogP contribution is -2.57. The van der Waals surface area contributed by atoms with Gasteiger partial charge in [0.15, 0.2) is 0 Å². The molecule has 0 radical (unpaired) electrons. The Morgan fingerprint density at radius 2 is 2.04 bits per heavy atom. The fraction of sp³-hybridized carbons (Fsp3) is 0.556. The van der Waals surface area contributed by atoms with Crippen LogP contribution in [0.15, 0.2) is 12.1 Å². The summed E-state index contributed by atoms with van der Waals surface area (Å²) < 4.78 is 14.8. The molecule has 25 heavy (non-hydrogen) atoms. The Morgan fingerprint density at radius 1 is 1.28 bits per heavy atom. The van der Waals surface area contributed by atoms with Crippen LogP contribution in [0, 0.1) is 5.82 Å². The van der Waals surface area contributed by atoms with Crippen LogP contribution in [0.5, 0.6) is 0 Å². The van der Waals surface area contributed by atoms with Gasteiger partial charge in [0.05, 0.1) is 5.69 Å². The number of anilines is 1. The lowest BCUT2D eigenvalue weighted by molar-refractivity contribution is -0.121. The van der Waals surface area contributed by atoms with Crippen LogP contribution in [0.1, 0.15) is 43.7 Å². The Balaban J connectivity index is 1.79. The molecule has 0 saturated heterocycles. The van der Waals surface area contributed by atoms with Crippen LogP contribution < -0.4 is 21.3 Å². The maximum Gasteiger partial charge on any atom is 0.315 e. The van der Waals surface area contributed by atoms with Crippen LogP contribution in [-0.4, -0.2) is 30.6 Å². The highest BCUT2D eigenvalue weighted by atomic mass is 19.1. The molecular formula is C18H25FN4O2. The molecule has 0 spiro atoms. The van der Waals surface area contributed by atoms with E-state index in [-0.39, 0.29) is 23.4 Å². The molecule has 0 atom stereocenters. The van der Waals surface area contributed by atoms with E-state index in [1.54, 1.807) is 6.07 Å². The van der Waals surface area contributed by atoms with Crippen LogP contribution >= 0.6 is 0 Å². The first-order valence-corrected chi connectivity index (χ1v) is 8.94. The monoisotopic (exact) mass is 348 g/mol. The molecule has 0 bridgehead atoms. The predicted molar refractivity (Wildman–Crippen MR) is 93.8 cm³/mol. The lowest BCUT2D eigenvalue weighted by Gasteiger charge is -2.29. The number of hydrogen-bond donors (Lipinski definition) is 4. The van der Waals surface area contributed by atoms with Gasteiger partial charge in [-0.3, -0.25) is 4.79 Å². The first-order chi connectivity index (χ1) is 12.1. The Hall–Kier alpha value is -2.15. The highest BCUT2D eigenvalue weighted by molar-refractivity contribution is 6.00. The molecule has 1 aromatic carbocycles. The van der Waals surface area contributed by atoms with Crippen molar-refractivity contribution in [2.75, 3.05) is 18.4 Å². The van der Waals surface area contributed by atoms with E-state index in [1.807, 2.05) is 13.0 Å². The van der Waals surface area contributed by atoms with Gasteiger partial charge in [-0.2, -0.15) is 0 Å². The van der Waals surface area contributed by atoms with E-state index in [0.717, 1.165) is 24.9 Å². The molecule has 1 fully saturated rings. The van der Waals surface area contributed by atoms with Gasteiger partial charge in [-0.1, -0.05) is 18.9 Å². The molecule has 1 aliphatic carbocycles. The standard InChI is InChI=1S/C18H25FN4O2/c1-2-21-17(25)23-18(8-3-4-9-18)16(24)22-14-6-5-12-11-20-10-7-13(12)15(14)19/h5-6,20H,2-4,7-11H2,1H3,(H,22,24)(H2,21,23,25). The summed E-state index contributed by atoms with van der Waals surface area (Å²) >= 11 is 0. The van der Waals surface area contributed by atoms with E-state index >= 15 is 0 Å². The Morgan fingerprint density at radius 3 is 2.76 bits per heavy atom. The van der Waals surface area contributed by atoms with Crippen molar-refractivity contribution < 1.29 is 14.0 Å². The van der Waals surface area contributed by atoms with E-state index in [1.165, 1.54) is 0 Å². The molecule has 1 aromatic rings. The lowest BCUT2D eigenvalue weighted by atomic mass is 9.95. The second-order valence-corrected chi connectivity index (χ2v) is 6.72. The average Bonchev–Trinajstić information content (AvgIpc) is 3.07. The highest BCUT2D eigenvalue weighted by Crippen LogP contribution is 2.32. The van der Waals surface area contributed by atoms with Crippen LogP contribution in [0.3, 0.4) is 0 Å². The van der Waals surface area contributed by atoms with Crippen LogP contribution in [0.25, 0.3) is 0 Å². The Kier molecular flexibility index (Phi) is 5.22. The molecule has 3 rings (SSSR count).